The van der Waals surface area contributed by atoms with Crippen LogP contribution in [0.5, 0.6) is 0 Å². The highest BCUT2D eigenvalue weighted by Crippen LogP contribution is 2.18. The molecule has 0 heterocycles. The van der Waals surface area contributed by atoms with Crippen LogP contribution in [0.25, 0.3) is 0 Å². The van der Waals surface area contributed by atoms with Gasteiger partial charge in [0.25, 0.3) is 0 Å². The summed E-state index contributed by atoms with van der Waals surface area (Å²) in [4.78, 5) is 24.6. The molecule has 0 aliphatic heterocycles. The summed E-state index contributed by atoms with van der Waals surface area (Å²) < 4.78 is 5.49. The Bertz CT molecular complexity index is 1090. The average molecular weight is 987 g/mol. The number of carbonyl (C=O) groups is 2. The van der Waals surface area contributed by atoms with Crippen molar-refractivity contribution in [3.8, 4) is 0 Å². The first-order chi connectivity index (χ1) is 34.5. The van der Waals surface area contributed by atoms with Gasteiger partial charge in [0.15, 0.2) is 0 Å². The lowest BCUT2D eigenvalue weighted by Crippen LogP contribution is -2.45. The molecule has 0 aliphatic carbocycles. The summed E-state index contributed by atoms with van der Waals surface area (Å²) in [5.74, 6) is -0.103. The standard InChI is InChI=1S/C64H123NO5/c1-3-5-7-9-11-13-15-17-19-21-23-24-26-27-29-32-36-40-44-48-52-56-62(67)61(60-66)65-63(68)57-53-49-45-41-37-33-31-35-39-43-47-51-55-59-70-64(69)58-54-50-46-42-38-34-30-28-25-22-20-18-16-14-12-10-8-6-4-2/h33,37,52,56,61-62,66-67H,3-32,34-36,38-51,53-55,57-60H2,1-2H3,(H,65,68)/b37-33-,56-52+. The van der Waals surface area contributed by atoms with Gasteiger partial charge in [-0.15, -0.1) is 0 Å². The molecule has 1 amide bonds. The number of hydrogen-bond donors (Lipinski definition) is 3. The van der Waals surface area contributed by atoms with Crippen LogP contribution in [0.1, 0.15) is 348 Å². The molecule has 414 valence electrons. The molecule has 0 aromatic carbocycles. The predicted molar refractivity (Wildman–Crippen MR) is 306 cm³/mol. The fourth-order valence-corrected chi connectivity index (χ4v) is 9.87. The Morgan fingerprint density at radius 1 is 0.386 bits per heavy atom. The topological polar surface area (TPSA) is 95.9 Å². The number of esters is 1. The van der Waals surface area contributed by atoms with Gasteiger partial charge in [0, 0.05) is 12.8 Å². The zero-order valence-electron chi connectivity index (χ0n) is 47.3. The molecular weight excluding hydrogens is 863 g/mol. The van der Waals surface area contributed by atoms with Crippen LogP contribution in [0.4, 0.5) is 0 Å². The van der Waals surface area contributed by atoms with E-state index in [9.17, 15) is 19.8 Å². The van der Waals surface area contributed by atoms with Crippen LogP contribution < -0.4 is 5.32 Å². The number of allylic oxidation sites excluding steroid dienone is 3. The second-order valence-corrected chi connectivity index (χ2v) is 21.7. The molecule has 0 saturated carbocycles. The minimum Gasteiger partial charge on any atom is -0.466 e. The maximum atomic E-state index is 12.5. The summed E-state index contributed by atoms with van der Waals surface area (Å²) in [6.07, 6.45) is 73.6. The van der Waals surface area contributed by atoms with E-state index in [1.54, 1.807) is 6.08 Å². The van der Waals surface area contributed by atoms with Crippen LogP contribution in [0.3, 0.4) is 0 Å². The molecule has 0 fully saturated rings. The van der Waals surface area contributed by atoms with Crippen molar-refractivity contribution in [2.24, 2.45) is 0 Å². The van der Waals surface area contributed by atoms with E-state index in [1.165, 1.54) is 250 Å². The third-order valence-corrected chi connectivity index (χ3v) is 14.7. The molecule has 0 aliphatic rings. The van der Waals surface area contributed by atoms with Gasteiger partial charge in [-0.25, -0.2) is 0 Å². The quantitative estimate of drug-likeness (QED) is 0.0321. The highest BCUT2D eigenvalue weighted by Gasteiger charge is 2.18. The molecule has 0 radical (unpaired) electrons. The molecule has 0 spiro atoms. The number of nitrogens with one attached hydrogen (secondary N) is 1. The first-order valence-corrected chi connectivity index (χ1v) is 31.6. The van der Waals surface area contributed by atoms with Crippen molar-refractivity contribution >= 4 is 11.9 Å². The highest BCUT2D eigenvalue weighted by atomic mass is 16.5. The van der Waals surface area contributed by atoms with Crippen molar-refractivity contribution in [1.82, 2.24) is 5.32 Å². The zero-order valence-corrected chi connectivity index (χ0v) is 47.3. The highest BCUT2D eigenvalue weighted by molar-refractivity contribution is 5.76. The minimum atomic E-state index is -0.862. The average Bonchev–Trinajstić information content (AvgIpc) is 3.36. The lowest BCUT2D eigenvalue weighted by molar-refractivity contribution is -0.143. The normalized spacial score (nSPS) is 12.7. The number of unbranched alkanes of at least 4 members (excludes halogenated alkanes) is 46. The second-order valence-electron chi connectivity index (χ2n) is 21.7. The van der Waals surface area contributed by atoms with E-state index in [-0.39, 0.29) is 18.5 Å². The first-order valence-electron chi connectivity index (χ1n) is 31.6. The number of amides is 1. The van der Waals surface area contributed by atoms with Gasteiger partial charge in [-0.2, -0.15) is 0 Å². The van der Waals surface area contributed by atoms with Gasteiger partial charge in [-0.3, -0.25) is 9.59 Å². The Morgan fingerprint density at radius 2 is 0.671 bits per heavy atom. The lowest BCUT2D eigenvalue weighted by Gasteiger charge is -2.19. The van der Waals surface area contributed by atoms with E-state index in [0.717, 1.165) is 70.6 Å². The maximum absolute atomic E-state index is 12.5. The molecule has 70 heavy (non-hydrogen) atoms. The Balaban J connectivity index is 3.49. The predicted octanol–water partition coefficient (Wildman–Crippen LogP) is 19.8. The van der Waals surface area contributed by atoms with Gasteiger partial charge in [0.1, 0.15) is 0 Å². The van der Waals surface area contributed by atoms with Gasteiger partial charge in [-0.05, 0) is 57.8 Å². The largest absolute Gasteiger partial charge is 0.466 e. The van der Waals surface area contributed by atoms with Gasteiger partial charge >= 0.3 is 5.97 Å². The molecule has 0 rings (SSSR count). The summed E-state index contributed by atoms with van der Waals surface area (Å²) in [5, 5.41) is 23.2. The smallest absolute Gasteiger partial charge is 0.305 e. The Labute approximate surface area is 437 Å². The minimum absolute atomic E-state index is 0.00851. The molecule has 0 aromatic rings. The van der Waals surface area contributed by atoms with Crippen LogP contribution in [0.2, 0.25) is 0 Å². The third kappa shape index (κ3) is 55.7. The fraction of sp³-hybridized carbons (Fsp3) is 0.906. The number of rotatable bonds is 59. The number of hydrogen-bond acceptors (Lipinski definition) is 5. The van der Waals surface area contributed by atoms with Crippen molar-refractivity contribution in [2.45, 2.75) is 360 Å². The SMILES string of the molecule is CCCCCCCCCCCCCCCCCCCCC/C=C/C(O)C(CO)NC(=O)CCCCC/C=C\CCCCCCCCOC(=O)CCCCCCCCCCCCCCCCCCCCC. The van der Waals surface area contributed by atoms with Crippen molar-refractivity contribution in [3.05, 3.63) is 24.3 Å². The molecule has 2 atom stereocenters. The van der Waals surface area contributed by atoms with Gasteiger partial charge < -0.3 is 20.3 Å². The van der Waals surface area contributed by atoms with Crippen LogP contribution in [0, 0.1) is 0 Å². The van der Waals surface area contributed by atoms with Crippen molar-refractivity contribution in [1.29, 1.82) is 0 Å². The number of ether oxygens (including phenoxy) is 1. The number of carbonyl (C=O) groups excluding carboxylic acids is 2. The van der Waals surface area contributed by atoms with Gasteiger partial charge in [0.05, 0.1) is 25.4 Å². The summed E-state index contributed by atoms with van der Waals surface area (Å²) in [7, 11) is 0. The molecule has 3 N–H and O–H groups in total. The van der Waals surface area contributed by atoms with E-state index in [2.05, 4.69) is 31.3 Å². The summed E-state index contributed by atoms with van der Waals surface area (Å²) >= 11 is 0. The Hall–Kier alpha value is -1.66. The fourth-order valence-electron chi connectivity index (χ4n) is 9.87. The molecule has 0 saturated heterocycles. The number of aliphatic hydroxyl groups excluding tert-OH is 2. The van der Waals surface area contributed by atoms with Gasteiger partial charge in [-0.1, -0.05) is 301 Å². The van der Waals surface area contributed by atoms with E-state index in [1.807, 2.05) is 6.08 Å². The van der Waals surface area contributed by atoms with Crippen LogP contribution in [-0.2, 0) is 14.3 Å². The number of aliphatic hydroxyl groups is 2. The summed E-state index contributed by atoms with van der Waals surface area (Å²) in [6, 6.07) is -0.649. The van der Waals surface area contributed by atoms with Crippen LogP contribution >= 0.6 is 0 Å². The first kappa shape index (κ1) is 68.3. The zero-order chi connectivity index (χ0) is 50.7. The van der Waals surface area contributed by atoms with E-state index >= 15 is 0 Å². The maximum Gasteiger partial charge on any atom is 0.305 e. The van der Waals surface area contributed by atoms with E-state index < -0.39 is 12.1 Å². The second kappa shape index (κ2) is 59.9. The monoisotopic (exact) mass is 986 g/mol. The third-order valence-electron chi connectivity index (χ3n) is 14.7. The summed E-state index contributed by atoms with van der Waals surface area (Å²) in [6.45, 7) is 4.89. The molecule has 0 aromatic heterocycles. The lowest BCUT2D eigenvalue weighted by atomic mass is 10.0. The Kier molecular flexibility index (Phi) is 58.5. The van der Waals surface area contributed by atoms with Crippen molar-refractivity contribution in [3.63, 3.8) is 0 Å². The van der Waals surface area contributed by atoms with Gasteiger partial charge in [0.2, 0.25) is 5.91 Å². The van der Waals surface area contributed by atoms with E-state index in [4.69, 9.17) is 4.74 Å². The molecule has 0 bridgehead atoms. The summed E-state index contributed by atoms with van der Waals surface area (Å²) in [5.41, 5.74) is 0. The molecule has 6 nitrogen and oxygen atoms in total. The van der Waals surface area contributed by atoms with Crippen LogP contribution in [-0.4, -0.2) is 47.4 Å². The van der Waals surface area contributed by atoms with E-state index in [0.29, 0.717) is 19.4 Å². The Morgan fingerprint density at radius 3 is 1.03 bits per heavy atom. The van der Waals surface area contributed by atoms with Crippen LogP contribution in [0.15, 0.2) is 24.3 Å². The van der Waals surface area contributed by atoms with Crippen molar-refractivity contribution in [2.75, 3.05) is 13.2 Å². The molecule has 2 unspecified atom stereocenters. The molecular formula is C64H123NO5. The van der Waals surface area contributed by atoms with Crippen molar-refractivity contribution < 1.29 is 24.5 Å². The molecule has 6 heteroatoms.